The molecule has 6 heteroatoms. The zero-order valence-electron chi connectivity index (χ0n) is 13.5. The second-order valence-electron chi connectivity index (χ2n) is 6.93. The highest BCUT2D eigenvalue weighted by Gasteiger charge is 2.35. The summed E-state index contributed by atoms with van der Waals surface area (Å²) >= 11 is 0. The van der Waals surface area contributed by atoms with Gasteiger partial charge in [0.2, 0.25) is 0 Å². The molecule has 1 atom stereocenters. The summed E-state index contributed by atoms with van der Waals surface area (Å²) in [4.78, 5) is 16.8. The van der Waals surface area contributed by atoms with Crippen LogP contribution >= 0.6 is 0 Å². The second kappa shape index (κ2) is 5.74. The number of nitrogens with one attached hydrogen (secondary N) is 1. The molecule has 1 heterocycles. The van der Waals surface area contributed by atoms with E-state index in [4.69, 9.17) is 0 Å². The Kier molecular flexibility index (Phi) is 4.04. The van der Waals surface area contributed by atoms with Crippen molar-refractivity contribution in [2.45, 2.75) is 56.9 Å². The summed E-state index contributed by atoms with van der Waals surface area (Å²) in [5.74, 6) is 0.275. The number of carbonyl (C=O) groups excluding carboxylic acids is 1. The number of nitrogens with zero attached hydrogens (tertiary/aromatic N) is 1. The van der Waals surface area contributed by atoms with Crippen molar-refractivity contribution in [2.75, 3.05) is 0 Å². The minimum Gasteiger partial charge on any atom is -0.298 e. The Balaban J connectivity index is 1.94. The van der Waals surface area contributed by atoms with Crippen LogP contribution in [-0.4, -0.2) is 26.1 Å². The lowest BCUT2D eigenvalue weighted by molar-refractivity contribution is -0.118. The van der Waals surface area contributed by atoms with E-state index in [0.29, 0.717) is 17.8 Å². The number of ketones is 1. The lowest BCUT2D eigenvalue weighted by Gasteiger charge is -2.26. The van der Waals surface area contributed by atoms with Crippen molar-refractivity contribution >= 4 is 21.6 Å². The third-order valence-electron chi connectivity index (χ3n) is 4.91. The van der Waals surface area contributed by atoms with Crippen molar-refractivity contribution in [2.24, 2.45) is 10.4 Å². The molecule has 0 bridgehead atoms. The van der Waals surface area contributed by atoms with Gasteiger partial charge in [-0.15, -0.1) is 0 Å². The summed E-state index contributed by atoms with van der Waals surface area (Å²) < 4.78 is 26.8. The van der Waals surface area contributed by atoms with Crippen molar-refractivity contribution in [3.8, 4) is 0 Å². The fourth-order valence-corrected chi connectivity index (χ4v) is 4.80. The molecule has 2 aliphatic rings. The summed E-state index contributed by atoms with van der Waals surface area (Å²) in [7, 11) is -3.56. The monoisotopic (exact) mass is 334 g/mol. The molecule has 0 aromatic heterocycles. The molecular weight excluding hydrogens is 312 g/mol. The normalized spacial score (nSPS) is 24.2. The van der Waals surface area contributed by atoms with Gasteiger partial charge in [-0.1, -0.05) is 31.9 Å². The molecule has 1 aromatic rings. The van der Waals surface area contributed by atoms with Gasteiger partial charge in [0.25, 0.3) is 10.0 Å². The maximum absolute atomic E-state index is 12.1. The summed E-state index contributed by atoms with van der Waals surface area (Å²) in [6, 6.07) is 6.24. The van der Waals surface area contributed by atoms with Crippen molar-refractivity contribution < 1.29 is 13.2 Å². The van der Waals surface area contributed by atoms with Gasteiger partial charge in [-0.2, -0.15) is 0 Å². The van der Waals surface area contributed by atoms with Gasteiger partial charge in [0.15, 0.2) is 5.78 Å². The smallest absolute Gasteiger partial charge is 0.263 e. The van der Waals surface area contributed by atoms with Crippen molar-refractivity contribution in [3.63, 3.8) is 0 Å². The molecular formula is C17H22N2O3S. The van der Waals surface area contributed by atoms with Crippen LogP contribution in [0.15, 0.2) is 34.2 Å². The third-order valence-corrected chi connectivity index (χ3v) is 6.31. The molecule has 23 heavy (non-hydrogen) atoms. The van der Waals surface area contributed by atoms with E-state index in [-0.39, 0.29) is 16.1 Å². The summed E-state index contributed by atoms with van der Waals surface area (Å²) in [6.07, 6.45) is 5.25. The van der Waals surface area contributed by atoms with Crippen molar-refractivity contribution in [3.05, 3.63) is 29.8 Å². The minimum absolute atomic E-state index is 0.0193. The minimum atomic E-state index is -3.56. The van der Waals surface area contributed by atoms with Gasteiger partial charge in [-0.3, -0.25) is 14.5 Å². The number of carbonyl (C=O) groups is 1. The molecule has 0 saturated heterocycles. The first kappa shape index (κ1) is 16.2. The average Bonchev–Trinajstić information content (AvgIpc) is 3.01. The molecule has 1 aliphatic heterocycles. The molecule has 1 saturated carbocycles. The topological polar surface area (TPSA) is 75.6 Å². The zero-order valence-corrected chi connectivity index (χ0v) is 14.3. The number of Topliss-reactive ketones (excluding diaryl/α,β-unsaturated/α-hetero) is 1. The Morgan fingerprint density at radius 3 is 2.61 bits per heavy atom. The van der Waals surface area contributed by atoms with E-state index in [2.05, 4.69) is 16.6 Å². The fraction of sp³-hybridized carbons (Fsp3) is 0.529. The Bertz CT molecular complexity index is 762. The Hall–Kier alpha value is -1.69. The van der Waals surface area contributed by atoms with Gasteiger partial charge in [-0.25, -0.2) is 8.42 Å². The summed E-state index contributed by atoms with van der Waals surface area (Å²) in [6.45, 7) is 3.73. The Morgan fingerprint density at radius 1 is 1.30 bits per heavy atom. The number of hydrogen-bond acceptors (Lipinski definition) is 4. The van der Waals surface area contributed by atoms with E-state index in [1.807, 2.05) is 0 Å². The maximum atomic E-state index is 12.1. The first-order valence-corrected chi connectivity index (χ1v) is 9.50. The van der Waals surface area contributed by atoms with Crippen LogP contribution in [0.1, 0.15) is 51.5 Å². The van der Waals surface area contributed by atoms with Crippen LogP contribution in [-0.2, 0) is 14.8 Å². The van der Waals surface area contributed by atoms with E-state index in [9.17, 15) is 13.2 Å². The molecule has 3 rings (SSSR count). The van der Waals surface area contributed by atoms with Crippen LogP contribution in [0.5, 0.6) is 0 Å². The van der Waals surface area contributed by atoms with Gasteiger partial charge in [0, 0.05) is 5.56 Å². The number of amidine groups is 1. The van der Waals surface area contributed by atoms with E-state index < -0.39 is 16.1 Å². The van der Waals surface area contributed by atoms with Gasteiger partial charge in [-0.05, 0) is 43.7 Å². The third kappa shape index (κ3) is 3.17. The molecule has 0 unspecified atom stereocenters. The molecule has 0 spiro atoms. The summed E-state index contributed by atoms with van der Waals surface area (Å²) in [5, 5.41) is 0. The fourth-order valence-electron chi connectivity index (χ4n) is 3.57. The lowest BCUT2D eigenvalue weighted by atomic mass is 9.81. The van der Waals surface area contributed by atoms with Crippen LogP contribution in [0.25, 0.3) is 0 Å². The molecule has 1 fully saturated rings. The standard InChI is InChI=1S/C17H22N2O3S/c1-12(20)14(11-17(2)9-5-6-10-17)18-16-13-7-3-4-8-15(13)23(21,22)19-16/h3-4,7-8,14H,5-6,9-11H2,1-2H3,(H,18,19)/t14-/m0/s1. The number of benzene rings is 1. The van der Waals surface area contributed by atoms with E-state index >= 15 is 0 Å². The number of sulfonamides is 1. The predicted octanol–water partition coefficient (Wildman–Crippen LogP) is 2.65. The number of hydrogen-bond donors (Lipinski definition) is 1. The van der Waals surface area contributed by atoms with Crippen LogP contribution in [0.3, 0.4) is 0 Å². The first-order valence-electron chi connectivity index (χ1n) is 8.01. The Morgan fingerprint density at radius 2 is 1.96 bits per heavy atom. The quantitative estimate of drug-likeness (QED) is 0.920. The number of rotatable bonds is 4. The largest absolute Gasteiger partial charge is 0.298 e. The highest BCUT2D eigenvalue weighted by molar-refractivity contribution is 7.90. The number of aliphatic imine (C=N–C) groups is 1. The molecule has 5 nitrogen and oxygen atoms in total. The number of fused-ring (bicyclic) bond motifs is 1. The molecule has 1 aliphatic carbocycles. The first-order chi connectivity index (χ1) is 10.8. The average molecular weight is 334 g/mol. The molecule has 1 N–H and O–H groups in total. The predicted molar refractivity (Wildman–Crippen MR) is 89.0 cm³/mol. The zero-order chi connectivity index (χ0) is 16.7. The maximum Gasteiger partial charge on any atom is 0.263 e. The van der Waals surface area contributed by atoms with Gasteiger partial charge in [0.1, 0.15) is 11.9 Å². The van der Waals surface area contributed by atoms with Crippen molar-refractivity contribution in [1.29, 1.82) is 0 Å². The highest BCUT2D eigenvalue weighted by atomic mass is 32.2. The summed E-state index contributed by atoms with van der Waals surface area (Å²) in [5.41, 5.74) is 0.674. The van der Waals surface area contributed by atoms with Crippen LogP contribution in [0.2, 0.25) is 0 Å². The molecule has 124 valence electrons. The van der Waals surface area contributed by atoms with Crippen LogP contribution < -0.4 is 4.72 Å². The van der Waals surface area contributed by atoms with Crippen LogP contribution in [0, 0.1) is 5.41 Å². The van der Waals surface area contributed by atoms with Gasteiger partial charge >= 0.3 is 0 Å². The van der Waals surface area contributed by atoms with Gasteiger partial charge in [0.05, 0.1) is 4.90 Å². The second-order valence-corrected chi connectivity index (χ2v) is 8.58. The van der Waals surface area contributed by atoms with Gasteiger partial charge < -0.3 is 0 Å². The molecule has 0 radical (unpaired) electrons. The van der Waals surface area contributed by atoms with E-state index in [1.54, 1.807) is 24.3 Å². The van der Waals surface area contributed by atoms with Crippen molar-refractivity contribution in [1.82, 2.24) is 4.72 Å². The van der Waals surface area contributed by atoms with E-state index in [1.165, 1.54) is 19.8 Å². The molecule has 1 aromatic carbocycles. The lowest BCUT2D eigenvalue weighted by Crippen LogP contribution is -2.29. The van der Waals surface area contributed by atoms with Crippen LogP contribution in [0.4, 0.5) is 0 Å². The molecule has 0 amide bonds. The highest BCUT2D eigenvalue weighted by Crippen LogP contribution is 2.42. The SMILES string of the molecule is CC(=O)[C@H](CC1(C)CCCC1)N=C1NS(=O)(=O)c2ccccc21. The Labute approximate surface area is 137 Å². The van der Waals surface area contributed by atoms with E-state index in [0.717, 1.165) is 12.8 Å².